The van der Waals surface area contributed by atoms with Crippen molar-refractivity contribution in [2.75, 3.05) is 5.32 Å². The lowest BCUT2D eigenvalue weighted by atomic mass is 10.0. The van der Waals surface area contributed by atoms with E-state index >= 15 is 0 Å². The van der Waals surface area contributed by atoms with Crippen LogP contribution in [0.3, 0.4) is 0 Å². The first-order valence-corrected chi connectivity index (χ1v) is 13.8. The molecule has 1 N–H and O–H groups in total. The third-order valence-corrected chi connectivity index (χ3v) is 7.27. The van der Waals surface area contributed by atoms with Crippen molar-refractivity contribution in [3.05, 3.63) is 116 Å². The topological polar surface area (TPSA) is 121 Å². The summed E-state index contributed by atoms with van der Waals surface area (Å²) >= 11 is 15.6. The number of benzene rings is 3. The summed E-state index contributed by atoms with van der Waals surface area (Å²) in [4.78, 5) is 31.8. The molecule has 3 aromatic carbocycles. The number of hydrogen-bond acceptors (Lipinski definition) is 7. The number of halogens is 3. The Morgan fingerprint density at radius 1 is 1.05 bits per heavy atom. The van der Waals surface area contributed by atoms with Gasteiger partial charge in [0.2, 0.25) is 5.91 Å². The van der Waals surface area contributed by atoms with Crippen molar-refractivity contribution >= 4 is 61.8 Å². The highest BCUT2D eigenvalue weighted by Crippen LogP contribution is 2.29. The molecular formula is C28H18BrCl2N7O3. The van der Waals surface area contributed by atoms with Gasteiger partial charge in [-0.25, -0.2) is 9.67 Å². The third kappa shape index (κ3) is 5.64. The normalized spacial score (nSPS) is 12.0. The number of anilines is 1. The van der Waals surface area contributed by atoms with Crippen LogP contribution in [0, 0.1) is 0 Å². The Morgan fingerprint density at radius 3 is 2.63 bits per heavy atom. The van der Waals surface area contributed by atoms with Crippen molar-refractivity contribution in [3.63, 3.8) is 0 Å². The van der Waals surface area contributed by atoms with Gasteiger partial charge in [-0.3, -0.25) is 14.2 Å². The molecule has 0 radical (unpaired) electrons. The van der Waals surface area contributed by atoms with Gasteiger partial charge in [0.1, 0.15) is 6.04 Å². The number of amides is 1. The van der Waals surface area contributed by atoms with Gasteiger partial charge in [0.05, 0.1) is 29.3 Å². The molecular weight excluding hydrogens is 633 g/mol. The standard InChI is InChI=1S/C28H18BrCl2N7O3/c29-17-6-8-19-24(11-17)41-35-27(19)33-28(40)23(10-16-4-2-1-3-5-16)37-15-32-21(13-26(37)39)20-12-18(30)7-9-22(20)38-14-25(31)34-36-38/h1-9,11-15,23H,10H2,(H,33,35,40)/t23-/m0/s1. The van der Waals surface area contributed by atoms with E-state index in [1.54, 1.807) is 30.3 Å². The molecule has 0 unspecified atom stereocenters. The Bertz CT molecular complexity index is 1960. The fourth-order valence-corrected chi connectivity index (χ4v) is 5.06. The van der Waals surface area contributed by atoms with E-state index in [4.69, 9.17) is 27.7 Å². The van der Waals surface area contributed by atoms with Crippen LogP contribution in [0.2, 0.25) is 10.2 Å². The zero-order chi connectivity index (χ0) is 28.5. The van der Waals surface area contributed by atoms with Crippen LogP contribution in [-0.2, 0) is 11.2 Å². The highest BCUT2D eigenvalue weighted by atomic mass is 79.9. The lowest BCUT2D eigenvalue weighted by Gasteiger charge is -2.19. The van der Waals surface area contributed by atoms with Crippen LogP contribution in [0.25, 0.3) is 27.9 Å². The quantitative estimate of drug-likeness (QED) is 0.221. The lowest BCUT2D eigenvalue weighted by Crippen LogP contribution is -2.34. The second kappa shape index (κ2) is 11.3. The molecule has 1 amide bonds. The lowest BCUT2D eigenvalue weighted by molar-refractivity contribution is -0.119. The maximum Gasteiger partial charge on any atom is 0.254 e. The smallest absolute Gasteiger partial charge is 0.254 e. The largest absolute Gasteiger partial charge is 0.354 e. The fraction of sp³-hybridized carbons (Fsp3) is 0.0714. The third-order valence-electron chi connectivity index (χ3n) is 6.37. The monoisotopic (exact) mass is 649 g/mol. The molecule has 0 aliphatic heterocycles. The Morgan fingerprint density at radius 2 is 1.88 bits per heavy atom. The van der Waals surface area contributed by atoms with Crippen molar-refractivity contribution in [3.8, 4) is 16.9 Å². The summed E-state index contributed by atoms with van der Waals surface area (Å²) in [7, 11) is 0. The summed E-state index contributed by atoms with van der Waals surface area (Å²) in [5.41, 5.74) is 2.36. The van der Waals surface area contributed by atoms with Gasteiger partial charge in [-0.2, -0.15) is 0 Å². The number of carbonyl (C=O) groups is 1. The van der Waals surface area contributed by atoms with E-state index < -0.39 is 17.5 Å². The van der Waals surface area contributed by atoms with Gasteiger partial charge in [0.15, 0.2) is 16.6 Å². The van der Waals surface area contributed by atoms with Crippen LogP contribution >= 0.6 is 39.1 Å². The van der Waals surface area contributed by atoms with Crippen LogP contribution < -0.4 is 10.9 Å². The van der Waals surface area contributed by atoms with E-state index in [1.807, 2.05) is 36.4 Å². The maximum atomic E-state index is 13.7. The second-order valence-electron chi connectivity index (χ2n) is 9.03. The molecule has 0 aliphatic carbocycles. The zero-order valence-electron chi connectivity index (χ0n) is 20.9. The van der Waals surface area contributed by atoms with E-state index in [1.165, 1.54) is 27.8 Å². The summed E-state index contributed by atoms with van der Waals surface area (Å²) in [5.74, 6) is -0.201. The molecule has 10 nitrogen and oxygen atoms in total. The summed E-state index contributed by atoms with van der Waals surface area (Å²) in [6.07, 6.45) is 3.11. The summed E-state index contributed by atoms with van der Waals surface area (Å²) in [6.45, 7) is 0. The molecule has 0 saturated carbocycles. The van der Waals surface area contributed by atoms with Crippen molar-refractivity contribution in [1.82, 2.24) is 29.7 Å². The molecule has 0 bridgehead atoms. The predicted octanol–water partition coefficient (Wildman–Crippen LogP) is 6.12. The molecule has 41 heavy (non-hydrogen) atoms. The molecule has 3 aromatic heterocycles. The first-order valence-electron chi connectivity index (χ1n) is 12.2. The molecule has 0 spiro atoms. The number of nitrogens with zero attached hydrogens (tertiary/aromatic N) is 6. The molecule has 6 rings (SSSR count). The van der Waals surface area contributed by atoms with Gasteiger partial charge in [-0.1, -0.05) is 79.8 Å². The van der Waals surface area contributed by atoms with Gasteiger partial charge in [-0.05, 0) is 42.0 Å². The molecule has 0 aliphatic rings. The Balaban J connectivity index is 1.38. The number of fused-ring (bicyclic) bond motifs is 1. The van der Waals surface area contributed by atoms with E-state index in [0.717, 1.165) is 10.0 Å². The molecule has 1 atom stereocenters. The second-order valence-corrected chi connectivity index (χ2v) is 10.8. The number of rotatable bonds is 7. The fourth-order valence-electron chi connectivity index (χ4n) is 4.42. The SMILES string of the molecule is O=C(Nc1noc2cc(Br)ccc12)[C@H](Cc1ccccc1)n1cnc(-c2cc(Cl)ccc2-n2cc(Cl)nn2)cc1=O. The Kier molecular flexibility index (Phi) is 7.39. The van der Waals surface area contributed by atoms with E-state index in [9.17, 15) is 9.59 Å². The molecule has 0 fully saturated rings. The average molecular weight is 651 g/mol. The first-order chi connectivity index (χ1) is 19.9. The van der Waals surface area contributed by atoms with Crippen LogP contribution in [0.1, 0.15) is 11.6 Å². The highest BCUT2D eigenvalue weighted by molar-refractivity contribution is 9.10. The number of aromatic nitrogens is 6. The van der Waals surface area contributed by atoms with Crippen LogP contribution in [0.15, 0.2) is 99.1 Å². The molecule has 0 saturated heterocycles. The Hall–Kier alpha value is -4.32. The van der Waals surface area contributed by atoms with Gasteiger partial charge in [0.25, 0.3) is 5.56 Å². The number of carbonyl (C=O) groups excluding carboxylic acids is 1. The van der Waals surface area contributed by atoms with Gasteiger partial charge in [0, 0.05) is 27.5 Å². The minimum absolute atomic E-state index is 0.205. The number of nitrogens with one attached hydrogen (secondary N) is 1. The van der Waals surface area contributed by atoms with Crippen LogP contribution in [0.4, 0.5) is 5.82 Å². The summed E-state index contributed by atoms with van der Waals surface area (Å²) in [5, 5.41) is 15.9. The van der Waals surface area contributed by atoms with Crippen molar-refractivity contribution in [1.29, 1.82) is 0 Å². The van der Waals surface area contributed by atoms with Gasteiger partial charge >= 0.3 is 0 Å². The highest BCUT2D eigenvalue weighted by Gasteiger charge is 2.25. The zero-order valence-corrected chi connectivity index (χ0v) is 24.0. The Labute approximate surface area is 250 Å². The van der Waals surface area contributed by atoms with Crippen LogP contribution in [0.5, 0.6) is 0 Å². The van der Waals surface area contributed by atoms with E-state index in [2.05, 4.69) is 41.7 Å². The summed E-state index contributed by atoms with van der Waals surface area (Å²) < 4.78 is 8.95. The molecule has 13 heteroatoms. The summed E-state index contributed by atoms with van der Waals surface area (Å²) in [6, 6.07) is 20.2. The minimum Gasteiger partial charge on any atom is -0.354 e. The average Bonchev–Trinajstić information content (AvgIpc) is 3.58. The maximum absolute atomic E-state index is 13.7. The first kappa shape index (κ1) is 26.9. The van der Waals surface area contributed by atoms with Gasteiger partial charge in [-0.15, -0.1) is 5.10 Å². The van der Waals surface area contributed by atoms with Crippen molar-refractivity contribution in [2.45, 2.75) is 12.5 Å². The van der Waals surface area contributed by atoms with E-state index in [-0.39, 0.29) is 17.4 Å². The van der Waals surface area contributed by atoms with Crippen LogP contribution in [-0.4, -0.2) is 35.6 Å². The van der Waals surface area contributed by atoms with Gasteiger partial charge < -0.3 is 9.84 Å². The van der Waals surface area contributed by atoms with E-state index in [0.29, 0.717) is 32.9 Å². The van der Waals surface area contributed by atoms with Crippen molar-refractivity contribution in [2.24, 2.45) is 0 Å². The van der Waals surface area contributed by atoms with Crippen molar-refractivity contribution < 1.29 is 9.32 Å². The predicted molar refractivity (Wildman–Crippen MR) is 158 cm³/mol. The molecule has 6 aromatic rings. The minimum atomic E-state index is -0.943. The molecule has 204 valence electrons. The molecule has 3 heterocycles. The number of hydrogen-bond donors (Lipinski definition) is 1.